The third kappa shape index (κ3) is 3.19. The topological polar surface area (TPSA) is 62.6 Å². The quantitative estimate of drug-likeness (QED) is 0.676. The number of hydrogen-bond acceptors (Lipinski definition) is 6. The molecule has 0 spiro atoms. The van der Waals surface area contributed by atoms with Crippen molar-refractivity contribution < 1.29 is 14.2 Å². The van der Waals surface area contributed by atoms with Crippen LogP contribution in [0.1, 0.15) is 9.75 Å². The molecule has 0 amide bonds. The van der Waals surface area contributed by atoms with Gasteiger partial charge in [-0.05, 0) is 31.5 Å². The van der Waals surface area contributed by atoms with Gasteiger partial charge < -0.3 is 14.2 Å². The Bertz CT molecular complexity index is 962. The lowest BCUT2D eigenvalue weighted by molar-refractivity contribution is 0.326. The highest BCUT2D eigenvalue weighted by molar-refractivity contribution is 7.11. The maximum Gasteiger partial charge on any atom is 0.261 e. The Kier molecular flexibility index (Phi) is 4.94. The zero-order chi connectivity index (χ0) is 18.0. The maximum absolute atomic E-state index is 12.9. The molecule has 0 aliphatic carbocycles. The van der Waals surface area contributed by atoms with Crippen LogP contribution in [-0.4, -0.2) is 30.9 Å². The van der Waals surface area contributed by atoms with Crippen molar-refractivity contribution in [1.29, 1.82) is 0 Å². The Balaban J connectivity index is 2.05. The number of nitrogens with zero attached hydrogens (tertiary/aromatic N) is 2. The number of ether oxygens (including phenoxy) is 3. The predicted octanol–water partition coefficient (Wildman–Crippen LogP) is 3.03. The van der Waals surface area contributed by atoms with Crippen molar-refractivity contribution in [2.75, 3.05) is 21.3 Å². The number of aromatic nitrogens is 2. The summed E-state index contributed by atoms with van der Waals surface area (Å²) in [5.74, 6) is 1.27. The molecule has 0 saturated heterocycles. The van der Waals surface area contributed by atoms with E-state index in [1.54, 1.807) is 28.3 Å². The number of benzene rings is 1. The number of thiophene rings is 1. The molecule has 0 atom stereocenters. The molecule has 7 heteroatoms. The first kappa shape index (κ1) is 17.3. The van der Waals surface area contributed by atoms with E-state index in [0.29, 0.717) is 34.7 Å². The molecule has 3 rings (SSSR count). The minimum Gasteiger partial charge on any atom is -0.493 e. The zero-order valence-corrected chi connectivity index (χ0v) is 15.5. The van der Waals surface area contributed by atoms with Gasteiger partial charge in [0.15, 0.2) is 11.5 Å². The number of hydrogen-bond donors (Lipinski definition) is 0. The third-order valence-corrected chi connectivity index (χ3v) is 5.08. The first-order valence-electron chi connectivity index (χ1n) is 7.82. The highest BCUT2D eigenvalue weighted by Crippen LogP contribution is 2.41. The van der Waals surface area contributed by atoms with Gasteiger partial charge in [-0.2, -0.15) is 0 Å². The summed E-state index contributed by atoms with van der Waals surface area (Å²) in [4.78, 5) is 19.8. The Morgan fingerprint density at radius 3 is 2.48 bits per heavy atom. The largest absolute Gasteiger partial charge is 0.493 e. The summed E-state index contributed by atoms with van der Waals surface area (Å²) in [5.41, 5.74) is 0.339. The molecule has 132 valence electrons. The van der Waals surface area contributed by atoms with Crippen LogP contribution in [0.3, 0.4) is 0 Å². The SMILES string of the molecule is COc1cc2c(=O)n(CCc3ccc(C)s3)cnc2c(OC)c1OC. The molecule has 0 radical (unpaired) electrons. The van der Waals surface area contributed by atoms with Gasteiger partial charge in [0.2, 0.25) is 5.75 Å². The lowest BCUT2D eigenvalue weighted by atomic mass is 10.2. The van der Waals surface area contributed by atoms with Crippen molar-refractivity contribution in [3.05, 3.63) is 44.6 Å². The van der Waals surface area contributed by atoms with Gasteiger partial charge >= 0.3 is 0 Å². The number of rotatable bonds is 6. The van der Waals surface area contributed by atoms with Crippen LogP contribution in [0.15, 0.2) is 29.3 Å². The monoisotopic (exact) mass is 360 g/mol. The van der Waals surface area contributed by atoms with Crippen LogP contribution in [0.25, 0.3) is 10.9 Å². The Morgan fingerprint density at radius 1 is 1.12 bits per heavy atom. The molecule has 0 unspecified atom stereocenters. The smallest absolute Gasteiger partial charge is 0.261 e. The van der Waals surface area contributed by atoms with Crippen molar-refractivity contribution in [3.8, 4) is 17.2 Å². The van der Waals surface area contributed by atoms with Gasteiger partial charge in [0, 0.05) is 16.3 Å². The lowest BCUT2D eigenvalue weighted by Crippen LogP contribution is -2.21. The molecule has 25 heavy (non-hydrogen) atoms. The molecule has 0 saturated carbocycles. The predicted molar refractivity (Wildman–Crippen MR) is 98.4 cm³/mol. The van der Waals surface area contributed by atoms with Crippen LogP contribution in [0.2, 0.25) is 0 Å². The van der Waals surface area contributed by atoms with Gasteiger partial charge in [-0.15, -0.1) is 11.3 Å². The average molecular weight is 360 g/mol. The second kappa shape index (κ2) is 7.14. The lowest BCUT2D eigenvalue weighted by Gasteiger charge is -2.14. The van der Waals surface area contributed by atoms with E-state index >= 15 is 0 Å². The molecular formula is C18H20N2O4S. The molecule has 6 nitrogen and oxygen atoms in total. The number of fused-ring (bicyclic) bond motifs is 1. The minimum absolute atomic E-state index is 0.127. The number of methoxy groups -OCH3 is 3. The van der Waals surface area contributed by atoms with Gasteiger partial charge in [-0.25, -0.2) is 4.98 Å². The summed E-state index contributed by atoms with van der Waals surface area (Å²) >= 11 is 1.74. The Hall–Kier alpha value is -2.54. The van der Waals surface area contributed by atoms with E-state index in [0.717, 1.165) is 6.42 Å². The van der Waals surface area contributed by atoms with E-state index in [2.05, 4.69) is 24.0 Å². The van der Waals surface area contributed by atoms with Gasteiger partial charge in [0.05, 0.1) is 33.0 Å². The van der Waals surface area contributed by atoms with Crippen molar-refractivity contribution in [2.24, 2.45) is 0 Å². The van der Waals surface area contributed by atoms with E-state index in [1.165, 1.54) is 31.1 Å². The molecular weight excluding hydrogens is 340 g/mol. The molecule has 0 aliphatic rings. The van der Waals surface area contributed by atoms with Crippen molar-refractivity contribution >= 4 is 22.2 Å². The van der Waals surface area contributed by atoms with Crippen LogP contribution in [0.4, 0.5) is 0 Å². The molecule has 2 heterocycles. The molecule has 0 fully saturated rings. The highest BCUT2D eigenvalue weighted by atomic mass is 32.1. The Labute approximate surface area is 149 Å². The van der Waals surface area contributed by atoms with Crippen LogP contribution < -0.4 is 19.8 Å². The first-order valence-corrected chi connectivity index (χ1v) is 8.64. The molecule has 2 aromatic heterocycles. The van der Waals surface area contributed by atoms with Gasteiger partial charge in [0.1, 0.15) is 5.52 Å². The molecule has 3 aromatic rings. The van der Waals surface area contributed by atoms with Gasteiger partial charge in [-0.3, -0.25) is 9.36 Å². The van der Waals surface area contributed by atoms with Crippen molar-refractivity contribution in [3.63, 3.8) is 0 Å². The third-order valence-electron chi connectivity index (χ3n) is 4.02. The summed E-state index contributed by atoms with van der Waals surface area (Å²) in [5, 5.41) is 0.444. The summed E-state index contributed by atoms with van der Waals surface area (Å²) in [6.45, 7) is 2.64. The van der Waals surface area contributed by atoms with Gasteiger partial charge in [0.25, 0.3) is 5.56 Å². The van der Waals surface area contributed by atoms with E-state index < -0.39 is 0 Å². The minimum atomic E-state index is -0.127. The fourth-order valence-corrected chi connectivity index (χ4v) is 3.66. The zero-order valence-electron chi connectivity index (χ0n) is 14.7. The average Bonchev–Trinajstić information content (AvgIpc) is 3.04. The summed E-state index contributed by atoms with van der Waals surface area (Å²) < 4.78 is 17.7. The molecule has 1 aromatic carbocycles. The number of aryl methyl sites for hydroxylation is 3. The highest BCUT2D eigenvalue weighted by Gasteiger charge is 2.19. The fourth-order valence-electron chi connectivity index (χ4n) is 2.78. The normalized spacial score (nSPS) is 10.9. The summed E-state index contributed by atoms with van der Waals surface area (Å²) in [7, 11) is 4.57. The van der Waals surface area contributed by atoms with Gasteiger partial charge in [-0.1, -0.05) is 0 Å². The summed E-state index contributed by atoms with van der Waals surface area (Å²) in [6, 6.07) is 5.83. The first-order chi connectivity index (χ1) is 12.1. The van der Waals surface area contributed by atoms with E-state index in [-0.39, 0.29) is 5.56 Å². The van der Waals surface area contributed by atoms with Crippen molar-refractivity contribution in [2.45, 2.75) is 19.9 Å². The standard InChI is InChI=1S/C18H20N2O4S/c1-11-5-6-12(25-11)7-8-20-10-19-15-13(18(20)21)9-14(22-2)16(23-3)17(15)24-4/h5-6,9-10H,7-8H2,1-4H3. The van der Waals surface area contributed by atoms with Crippen LogP contribution >= 0.6 is 11.3 Å². The molecule has 0 N–H and O–H groups in total. The van der Waals surface area contributed by atoms with Crippen LogP contribution in [-0.2, 0) is 13.0 Å². The van der Waals surface area contributed by atoms with E-state index in [9.17, 15) is 4.79 Å². The fraction of sp³-hybridized carbons (Fsp3) is 0.333. The molecule has 0 aliphatic heterocycles. The summed E-state index contributed by atoms with van der Waals surface area (Å²) in [6.07, 6.45) is 2.34. The second-order valence-electron chi connectivity index (χ2n) is 5.55. The van der Waals surface area contributed by atoms with E-state index in [4.69, 9.17) is 14.2 Å². The maximum atomic E-state index is 12.9. The molecule has 0 bridgehead atoms. The van der Waals surface area contributed by atoms with Crippen molar-refractivity contribution in [1.82, 2.24) is 9.55 Å². The van der Waals surface area contributed by atoms with Crippen LogP contribution in [0.5, 0.6) is 17.2 Å². The van der Waals surface area contributed by atoms with E-state index in [1.807, 2.05) is 0 Å². The Morgan fingerprint density at radius 2 is 1.88 bits per heavy atom. The second-order valence-corrected chi connectivity index (χ2v) is 6.92. The van der Waals surface area contributed by atoms with Crippen LogP contribution in [0, 0.1) is 6.92 Å².